The van der Waals surface area contributed by atoms with Crippen LogP contribution in [0.5, 0.6) is 0 Å². The van der Waals surface area contributed by atoms with E-state index in [0.29, 0.717) is 5.92 Å². The maximum atomic E-state index is 2.33. The van der Waals surface area contributed by atoms with Crippen LogP contribution in [-0.2, 0) is 0 Å². The number of hydrogen-bond donors (Lipinski definition) is 0. The molecule has 0 heteroatoms. The fourth-order valence-corrected chi connectivity index (χ4v) is 2.20. The molecule has 0 aromatic heterocycles. The molecule has 18 heavy (non-hydrogen) atoms. The van der Waals surface area contributed by atoms with Crippen molar-refractivity contribution >= 4 is 0 Å². The normalized spacial score (nSPS) is 15.2. The first-order valence-corrected chi connectivity index (χ1v) is 7.00. The summed E-state index contributed by atoms with van der Waals surface area (Å²) in [5, 5.41) is 0. The third-order valence-corrected chi connectivity index (χ3v) is 3.04. The van der Waals surface area contributed by atoms with Crippen LogP contribution in [0.25, 0.3) is 0 Å². The molecule has 1 atom stereocenters. The van der Waals surface area contributed by atoms with E-state index in [1.54, 1.807) is 0 Å². The molecule has 2 rings (SSSR count). The first-order chi connectivity index (χ1) is 8.92. The van der Waals surface area contributed by atoms with Crippen molar-refractivity contribution in [3.63, 3.8) is 0 Å². The van der Waals surface area contributed by atoms with Crippen molar-refractivity contribution in [2.45, 2.75) is 39.5 Å². The molecule has 0 saturated carbocycles. The first kappa shape index (κ1) is 14.5. The number of rotatable bonds is 3. The first-order valence-electron chi connectivity index (χ1n) is 7.00. The molecular formula is C18H24. The quantitative estimate of drug-likeness (QED) is 0.640. The summed E-state index contributed by atoms with van der Waals surface area (Å²) < 4.78 is 0. The van der Waals surface area contributed by atoms with Crippen molar-refractivity contribution in [2.24, 2.45) is 0 Å². The minimum Gasteiger partial charge on any atom is -0.0807 e. The topological polar surface area (TPSA) is 0 Å². The second kappa shape index (κ2) is 8.52. The van der Waals surface area contributed by atoms with Gasteiger partial charge in [0, 0.05) is 5.92 Å². The molecule has 0 radical (unpaired) electrons. The molecule has 0 bridgehead atoms. The van der Waals surface area contributed by atoms with Crippen molar-refractivity contribution in [1.82, 2.24) is 0 Å². The van der Waals surface area contributed by atoms with Crippen molar-refractivity contribution in [3.8, 4) is 0 Å². The van der Waals surface area contributed by atoms with E-state index in [-0.39, 0.29) is 0 Å². The van der Waals surface area contributed by atoms with Gasteiger partial charge >= 0.3 is 0 Å². The van der Waals surface area contributed by atoms with Crippen LogP contribution in [0.3, 0.4) is 0 Å². The minimum absolute atomic E-state index is 0.539. The average molecular weight is 240 g/mol. The zero-order valence-electron chi connectivity index (χ0n) is 11.8. The summed E-state index contributed by atoms with van der Waals surface area (Å²) in [6.07, 6.45) is 13.2. The van der Waals surface area contributed by atoms with E-state index < -0.39 is 0 Å². The average Bonchev–Trinajstić information content (AvgIpc) is 2.72. The Morgan fingerprint density at radius 1 is 1.06 bits per heavy atom. The lowest BCUT2D eigenvalue weighted by Crippen LogP contribution is -1.99. The van der Waals surface area contributed by atoms with Crippen molar-refractivity contribution in [3.05, 3.63) is 71.8 Å². The molecule has 1 aliphatic carbocycles. The second-order valence-corrected chi connectivity index (χ2v) is 4.10. The molecular weight excluding hydrogens is 216 g/mol. The van der Waals surface area contributed by atoms with Gasteiger partial charge in [0.05, 0.1) is 0 Å². The smallest absolute Gasteiger partial charge is 0.00836 e. The van der Waals surface area contributed by atoms with Crippen LogP contribution in [0.2, 0.25) is 0 Å². The van der Waals surface area contributed by atoms with Crippen molar-refractivity contribution in [1.29, 1.82) is 0 Å². The van der Waals surface area contributed by atoms with Crippen LogP contribution in [0.4, 0.5) is 0 Å². The number of allylic oxidation sites excluding steroid dienone is 6. The lowest BCUT2D eigenvalue weighted by atomic mass is 9.88. The van der Waals surface area contributed by atoms with Gasteiger partial charge in [0.25, 0.3) is 0 Å². The highest BCUT2D eigenvalue weighted by atomic mass is 14.2. The van der Waals surface area contributed by atoms with Gasteiger partial charge in [0.15, 0.2) is 0 Å². The van der Waals surface area contributed by atoms with E-state index in [2.05, 4.69) is 67.6 Å². The summed E-state index contributed by atoms with van der Waals surface area (Å²) in [6.45, 7) is 6.25. The molecule has 1 aromatic rings. The molecule has 0 fully saturated rings. The van der Waals surface area contributed by atoms with Gasteiger partial charge in [-0.2, -0.15) is 0 Å². The number of hydrogen-bond acceptors (Lipinski definition) is 0. The van der Waals surface area contributed by atoms with Gasteiger partial charge in [-0.15, -0.1) is 0 Å². The molecule has 1 unspecified atom stereocenters. The molecule has 96 valence electrons. The summed E-state index contributed by atoms with van der Waals surface area (Å²) in [5.41, 5.74) is 2.86. The fraction of sp³-hybridized carbons (Fsp3) is 0.333. The van der Waals surface area contributed by atoms with Gasteiger partial charge in [-0.05, 0) is 24.0 Å². The third-order valence-electron chi connectivity index (χ3n) is 3.04. The van der Waals surface area contributed by atoms with Gasteiger partial charge in [0.2, 0.25) is 0 Å². The highest BCUT2D eigenvalue weighted by Gasteiger charge is 2.12. The molecule has 0 N–H and O–H groups in total. The minimum atomic E-state index is 0.539. The summed E-state index contributed by atoms with van der Waals surface area (Å²) in [5.74, 6) is 0.539. The molecule has 0 heterocycles. The Morgan fingerprint density at radius 3 is 2.44 bits per heavy atom. The summed E-state index contributed by atoms with van der Waals surface area (Å²) in [6, 6.07) is 10.8. The van der Waals surface area contributed by atoms with Crippen LogP contribution in [0, 0.1) is 0 Å². The summed E-state index contributed by atoms with van der Waals surface area (Å²) >= 11 is 0. The lowest BCUT2D eigenvalue weighted by molar-refractivity contribution is 0.773. The van der Waals surface area contributed by atoms with Crippen molar-refractivity contribution in [2.75, 3.05) is 0 Å². The zero-order valence-corrected chi connectivity index (χ0v) is 11.8. The van der Waals surface area contributed by atoms with E-state index >= 15 is 0 Å². The molecule has 0 saturated heterocycles. The fourth-order valence-electron chi connectivity index (χ4n) is 2.20. The largest absolute Gasteiger partial charge is 0.0807 e. The SMILES string of the molecule is CC.CCC(C1=CCC=CC=C1)c1ccccc1. The van der Waals surface area contributed by atoms with Crippen LogP contribution >= 0.6 is 0 Å². The predicted molar refractivity (Wildman–Crippen MR) is 81.8 cm³/mol. The van der Waals surface area contributed by atoms with Crippen LogP contribution in [0.15, 0.2) is 66.3 Å². The molecule has 0 nitrogen and oxygen atoms in total. The van der Waals surface area contributed by atoms with Gasteiger partial charge < -0.3 is 0 Å². The maximum Gasteiger partial charge on any atom is 0.00836 e. The lowest BCUT2D eigenvalue weighted by Gasteiger charge is -2.16. The van der Waals surface area contributed by atoms with Gasteiger partial charge in [-0.1, -0.05) is 81.5 Å². The summed E-state index contributed by atoms with van der Waals surface area (Å²) in [4.78, 5) is 0. The van der Waals surface area contributed by atoms with E-state index in [1.165, 1.54) is 11.1 Å². The molecule has 1 aliphatic rings. The van der Waals surface area contributed by atoms with Gasteiger partial charge in [0.1, 0.15) is 0 Å². The van der Waals surface area contributed by atoms with Crippen molar-refractivity contribution < 1.29 is 0 Å². The highest BCUT2D eigenvalue weighted by Crippen LogP contribution is 2.29. The van der Waals surface area contributed by atoms with Gasteiger partial charge in [-0.3, -0.25) is 0 Å². The van der Waals surface area contributed by atoms with E-state index in [0.717, 1.165) is 12.8 Å². The maximum absolute atomic E-state index is 2.33. The Hall–Kier alpha value is -1.56. The zero-order chi connectivity index (χ0) is 13.2. The Bertz CT molecular complexity index is 407. The van der Waals surface area contributed by atoms with E-state index in [1.807, 2.05) is 13.8 Å². The van der Waals surface area contributed by atoms with Gasteiger partial charge in [-0.25, -0.2) is 0 Å². The predicted octanol–water partition coefficient (Wildman–Crippen LogP) is 5.65. The van der Waals surface area contributed by atoms with Crippen LogP contribution in [0.1, 0.15) is 45.1 Å². The van der Waals surface area contributed by atoms with E-state index in [4.69, 9.17) is 0 Å². The monoisotopic (exact) mass is 240 g/mol. The Balaban J connectivity index is 0.000000771. The van der Waals surface area contributed by atoms with Crippen LogP contribution < -0.4 is 0 Å². The third kappa shape index (κ3) is 4.03. The van der Waals surface area contributed by atoms with Crippen LogP contribution in [-0.4, -0.2) is 0 Å². The molecule has 0 spiro atoms. The number of benzene rings is 1. The molecule has 1 aromatic carbocycles. The molecule has 0 amide bonds. The Labute approximate surface area is 112 Å². The molecule has 0 aliphatic heterocycles. The highest BCUT2D eigenvalue weighted by molar-refractivity contribution is 5.37. The Kier molecular flexibility index (Phi) is 6.86. The van der Waals surface area contributed by atoms with E-state index in [9.17, 15) is 0 Å². The standard InChI is InChI=1S/C16H18.C2H6/c1-2-16(15-12-8-5-9-13-15)14-10-6-3-4-7-11-14;1-2/h3-6,8-13,16H,2,7H2,1H3;1-2H3. The second-order valence-electron chi connectivity index (χ2n) is 4.10. The Morgan fingerprint density at radius 2 is 1.78 bits per heavy atom. The summed E-state index contributed by atoms with van der Waals surface area (Å²) in [7, 11) is 0.